The summed E-state index contributed by atoms with van der Waals surface area (Å²) < 4.78 is 26.7. The molecular formula is C21H27N3O2S. The van der Waals surface area contributed by atoms with Gasteiger partial charge in [-0.2, -0.15) is 0 Å². The van der Waals surface area contributed by atoms with E-state index in [0.29, 0.717) is 26.2 Å². The van der Waals surface area contributed by atoms with Gasteiger partial charge in [0.05, 0.1) is 24.2 Å². The van der Waals surface area contributed by atoms with Crippen LogP contribution in [0.1, 0.15) is 24.6 Å². The first-order chi connectivity index (χ1) is 13.0. The van der Waals surface area contributed by atoms with Crippen LogP contribution in [0.2, 0.25) is 0 Å². The highest BCUT2D eigenvalue weighted by atomic mass is 32.2. The number of sulfone groups is 1. The molecule has 0 bridgehead atoms. The Morgan fingerprint density at radius 2 is 2.07 bits per heavy atom. The van der Waals surface area contributed by atoms with Crippen molar-refractivity contribution in [2.24, 2.45) is 0 Å². The second-order valence-corrected chi connectivity index (χ2v) is 8.51. The summed E-state index contributed by atoms with van der Waals surface area (Å²) in [6.45, 7) is 7.63. The average Bonchev–Trinajstić information content (AvgIpc) is 3.06. The van der Waals surface area contributed by atoms with E-state index >= 15 is 0 Å². The van der Waals surface area contributed by atoms with Gasteiger partial charge >= 0.3 is 0 Å². The highest BCUT2D eigenvalue weighted by Crippen LogP contribution is 2.17. The molecule has 27 heavy (non-hydrogen) atoms. The molecule has 0 aliphatic rings. The maximum atomic E-state index is 12.5. The number of hydrogen-bond acceptors (Lipinski definition) is 4. The van der Waals surface area contributed by atoms with E-state index in [2.05, 4.69) is 29.6 Å². The summed E-state index contributed by atoms with van der Waals surface area (Å²) in [6.07, 6.45) is 10.6. The summed E-state index contributed by atoms with van der Waals surface area (Å²) >= 11 is 0. The van der Waals surface area contributed by atoms with Crippen LogP contribution in [0.25, 0.3) is 0 Å². The van der Waals surface area contributed by atoms with E-state index in [4.69, 9.17) is 6.42 Å². The SMILES string of the molecule is C#CCN(CC=C)Cc1cnc(S(=O)(=O)CC)n1CCCc1ccccc1. The molecule has 5 nitrogen and oxygen atoms in total. The van der Waals surface area contributed by atoms with Crippen LogP contribution in [0.15, 0.2) is 54.3 Å². The van der Waals surface area contributed by atoms with Gasteiger partial charge in [-0.15, -0.1) is 13.0 Å². The molecule has 0 aliphatic heterocycles. The Balaban J connectivity index is 2.23. The summed E-state index contributed by atoms with van der Waals surface area (Å²) in [7, 11) is -3.39. The summed E-state index contributed by atoms with van der Waals surface area (Å²) in [5, 5.41) is 0.146. The van der Waals surface area contributed by atoms with Gasteiger partial charge in [0, 0.05) is 19.6 Å². The lowest BCUT2D eigenvalue weighted by molar-refractivity contribution is 0.319. The molecule has 1 heterocycles. The molecule has 2 aromatic rings. The fraction of sp³-hybridized carbons (Fsp3) is 0.381. The topological polar surface area (TPSA) is 55.2 Å². The fourth-order valence-corrected chi connectivity index (χ4v) is 3.96. The molecule has 0 amide bonds. The van der Waals surface area contributed by atoms with Gasteiger partial charge < -0.3 is 4.57 Å². The Morgan fingerprint density at radius 3 is 2.70 bits per heavy atom. The second kappa shape index (κ2) is 10.1. The number of nitrogens with zero attached hydrogens (tertiary/aromatic N) is 3. The predicted octanol–water partition coefficient (Wildman–Crippen LogP) is 2.93. The minimum atomic E-state index is -3.39. The third-order valence-electron chi connectivity index (χ3n) is 4.34. The first-order valence-electron chi connectivity index (χ1n) is 9.09. The molecule has 0 saturated carbocycles. The van der Waals surface area contributed by atoms with Crippen molar-refractivity contribution in [2.75, 3.05) is 18.8 Å². The third-order valence-corrected chi connectivity index (χ3v) is 5.98. The van der Waals surface area contributed by atoms with Crippen LogP contribution < -0.4 is 0 Å². The van der Waals surface area contributed by atoms with Crippen molar-refractivity contribution in [3.8, 4) is 12.3 Å². The number of aryl methyl sites for hydroxylation is 1. The summed E-state index contributed by atoms with van der Waals surface area (Å²) in [4.78, 5) is 6.26. The molecule has 0 atom stereocenters. The number of terminal acetylenes is 1. The summed E-state index contributed by atoms with van der Waals surface area (Å²) in [5.74, 6) is 2.67. The van der Waals surface area contributed by atoms with Crippen LogP contribution >= 0.6 is 0 Å². The zero-order valence-electron chi connectivity index (χ0n) is 15.8. The lowest BCUT2D eigenvalue weighted by Crippen LogP contribution is -2.26. The van der Waals surface area contributed by atoms with Gasteiger partial charge in [0.25, 0.3) is 0 Å². The molecule has 0 N–H and O–H groups in total. The molecule has 6 heteroatoms. The minimum absolute atomic E-state index is 0.0306. The smallest absolute Gasteiger partial charge is 0.227 e. The maximum Gasteiger partial charge on any atom is 0.227 e. The van der Waals surface area contributed by atoms with E-state index in [1.807, 2.05) is 27.7 Å². The first-order valence-corrected chi connectivity index (χ1v) is 10.7. The Bertz CT molecular complexity index is 880. The van der Waals surface area contributed by atoms with Crippen LogP contribution in [-0.2, 0) is 29.3 Å². The van der Waals surface area contributed by atoms with Gasteiger partial charge in [0.2, 0.25) is 15.0 Å². The quantitative estimate of drug-likeness (QED) is 0.441. The highest BCUT2D eigenvalue weighted by molar-refractivity contribution is 7.91. The zero-order chi connectivity index (χ0) is 19.7. The fourth-order valence-electron chi connectivity index (χ4n) is 2.95. The van der Waals surface area contributed by atoms with E-state index in [1.165, 1.54) is 5.56 Å². The molecule has 0 spiro atoms. The van der Waals surface area contributed by atoms with Crippen LogP contribution in [0, 0.1) is 12.3 Å². The van der Waals surface area contributed by atoms with Gasteiger partial charge in [-0.25, -0.2) is 13.4 Å². The standard InChI is InChI=1S/C21H27N3O2S/c1-4-14-23(15-5-2)18-20-17-22-21(27(25,26)6-3)24(20)16-10-13-19-11-8-7-9-12-19/h1,5,7-9,11-12,17H,2,6,10,13-16,18H2,3H3. The van der Waals surface area contributed by atoms with E-state index in [-0.39, 0.29) is 10.9 Å². The zero-order valence-corrected chi connectivity index (χ0v) is 16.7. The molecule has 1 aromatic carbocycles. The Labute approximate surface area is 162 Å². The van der Waals surface area contributed by atoms with Gasteiger partial charge in [0.15, 0.2) is 0 Å². The number of benzene rings is 1. The van der Waals surface area contributed by atoms with Crippen LogP contribution in [0.5, 0.6) is 0 Å². The van der Waals surface area contributed by atoms with Gasteiger partial charge in [0.1, 0.15) is 0 Å². The predicted molar refractivity (Wildman–Crippen MR) is 109 cm³/mol. The van der Waals surface area contributed by atoms with Gasteiger partial charge in [-0.1, -0.05) is 49.3 Å². The first kappa shape index (κ1) is 20.9. The van der Waals surface area contributed by atoms with Crippen molar-refractivity contribution in [1.29, 1.82) is 0 Å². The van der Waals surface area contributed by atoms with Crippen molar-refractivity contribution in [3.05, 3.63) is 60.4 Å². The molecule has 0 radical (unpaired) electrons. The van der Waals surface area contributed by atoms with E-state index in [0.717, 1.165) is 18.5 Å². The molecule has 144 valence electrons. The normalized spacial score (nSPS) is 11.4. The van der Waals surface area contributed by atoms with Crippen molar-refractivity contribution in [3.63, 3.8) is 0 Å². The largest absolute Gasteiger partial charge is 0.318 e. The van der Waals surface area contributed by atoms with Crippen molar-refractivity contribution >= 4 is 9.84 Å². The molecule has 0 saturated heterocycles. The molecule has 1 aromatic heterocycles. The second-order valence-electron chi connectivity index (χ2n) is 6.34. The van der Waals surface area contributed by atoms with Crippen LogP contribution in [0.3, 0.4) is 0 Å². The van der Waals surface area contributed by atoms with Crippen LogP contribution in [-0.4, -0.2) is 41.7 Å². The van der Waals surface area contributed by atoms with Crippen molar-refractivity contribution in [2.45, 2.75) is 38.0 Å². The summed E-state index contributed by atoms with van der Waals surface area (Å²) in [5.41, 5.74) is 2.09. The highest BCUT2D eigenvalue weighted by Gasteiger charge is 2.22. The van der Waals surface area contributed by atoms with E-state index in [1.54, 1.807) is 19.2 Å². The van der Waals surface area contributed by atoms with E-state index < -0.39 is 9.84 Å². The lowest BCUT2D eigenvalue weighted by atomic mass is 10.1. The number of imidazole rings is 1. The Kier molecular flexibility index (Phi) is 7.83. The monoisotopic (exact) mass is 385 g/mol. The van der Waals surface area contributed by atoms with Gasteiger partial charge in [-0.3, -0.25) is 4.90 Å². The molecular weight excluding hydrogens is 358 g/mol. The molecule has 0 fully saturated rings. The lowest BCUT2D eigenvalue weighted by Gasteiger charge is -2.19. The molecule has 0 unspecified atom stereocenters. The number of aromatic nitrogens is 2. The molecule has 0 aliphatic carbocycles. The summed E-state index contributed by atoms with van der Waals surface area (Å²) in [6, 6.07) is 10.2. The van der Waals surface area contributed by atoms with Gasteiger partial charge in [-0.05, 0) is 18.4 Å². The van der Waals surface area contributed by atoms with E-state index in [9.17, 15) is 8.42 Å². The Morgan fingerprint density at radius 1 is 1.33 bits per heavy atom. The Hall–Kier alpha value is -2.36. The van der Waals surface area contributed by atoms with Crippen LogP contribution in [0.4, 0.5) is 0 Å². The van der Waals surface area contributed by atoms with Crippen molar-refractivity contribution in [1.82, 2.24) is 14.5 Å². The minimum Gasteiger partial charge on any atom is -0.318 e. The molecule has 2 rings (SSSR count). The number of rotatable bonds is 11. The van der Waals surface area contributed by atoms with Crippen molar-refractivity contribution < 1.29 is 8.42 Å². The number of hydrogen-bond donors (Lipinski definition) is 0. The average molecular weight is 386 g/mol. The maximum absolute atomic E-state index is 12.5. The third kappa shape index (κ3) is 5.81.